The number of hydrogen-bond donors (Lipinski definition) is 1. The molecule has 0 aliphatic carbocycles. The van der Waals surface area contributed by atoms with Crippen molar-refractivity contribution in [2.45, 2.75) is 58.3 Å². The Labute approximate surface area is 115 Å². The zero-order valence-corrected chi connectivity index (χ0v) is 15.3. The summed E-state index contributed by atoms with van der Waals surface area (Å²) in [6, 6.07) is 0. The molecule has 0 aromatic carbocycles. The van der Waals surface area contributed by atoms with Crippen LogP contribution in [0.4, 0.5) is 0 Å². The van der Waals surface area contributed by atoms with E-state index in [0.29, 0.717) is 10.6 Å². The molecule has 3 nitrogen and oxygen atoms in total. The lowest BCUT2D eigenvalue weighted by atomic mass is 10.1. The van der Waals surface area contributed by atoms with Gasteiger partial charge in [-0.1, -0.05) is 20.4 Å². The molecule has 0 fully saturated rings. The molecule has 0 atom stereocenters. The largest absolute Gasteiger partial charge is 0.460 e. The van der Waals surface area contributed by atoms with Crippen LogP contribution < -0.4 is 5.32 Å². The van der Waals surface area contributed by atoms with Gasteiger partial charge in [-0.05, 0) is 44.4 Å². The quantitative estimate of drug-likeness (QED) is 0.423. The van der Waals surface area contributed by atoms with Gasteiger partial charge in [0.25, 0.3) is 0 Å². The third-order valence-electron chi connectivity index (χ3n) is 2.60. The predicted octanol–water partition coefficient (Wildman–Crippen LogP) is 2.59. The second kappa shape index (κ2) is 7.26. The molecule has 0 rings (SSSR count). The van der Waals surface area contributed by atoms with Crippen molar-refractivity contribution >= 4 is 24.0 Å². The fourth-order valence-corrected chi connectivity index (χ4v) is 5.09. The molecule has 0 saturated heterocycles. The molecular weight excluding hydrogens is 258 g/mol. The molecule has 0 spiro atoms. The number of amides is 1. The fraction of sp³-hybridized carbons (Fsp3) is 0.769. The first-order valence-corrected chi connectivity index (χ1v) is 11.3. The van der Waals surface area contributed by atoms with E-state index in [2.05, 4.69) is 45.4 Å². The van der Waals surface area contributed by atoms with E-state index in [9.17, 15) is 4.79 Å². The minimum atomic E-state index is -1.37. The molecule has 0 aliphatic heterocycles. The van der Waals surface area contributed by atoms with Crippen molar-refractivity contribution < 1.29 is 8.91 Å². The maximum atomic E-state index is 11.3. The zero-order chi connectivity index (χ0) is 14.4. The van der Waals surface area contributed by atoms with Gasteiger partial charge in [0.15, 0.2) is 18.1 Å². The molecule has 1 amide bonds. The maximum absolute atomic E-state index is 11.3. The van der Waals surface area contributed by atoms with Crippen LogP contribution in [0.3, 0.4) is 0 Å². The molecule has 0 saturated carbocycles. The van der Waals surface area contributed by atoms with Crippen molar-refractivity contribution in [1.29, 1.82) is 0 Å². The minimum absolute atomic E-state index is 0.0385. The topological polar surface area (TPSA) is 38.3 Å². The Hall–Kier alpha value is -0.396. The van der Waals surface area contributed by atoms with Crippen molar-refractivity contribution in [2.75, 3.05) is 6.54 Å². The van der Waals surface area contributed by atoms with Crippen LogP contribution in [0.25, 0.3) is 0 Å². The Morgan fingerprint density at radius 2 is 1.94 bits per heavy atom. The molecule has 0 aliphatic rings. The van der Waals surface area contributed by atoms with E-state index in [1.165, 1.54) is 0 Å². The van der Waals surface area contributed by atoms with E-state index < -0.39 is 18.1 Å². The number of hydrogen-bond acceptors (Lipinski definition) is 2. The SMILES string of the molecule is C=C(C)C(=O)NCCCC(C)(C)[SiH2]O[Si](C)(C)C. The highest BCUT2D eigenvalue weighted by Gasteiger charge is 2.23. The summed E-state index contributed by atoms with van der Waals surface area (Å²) in [4.78, 5) is 11.3. The summed E-state index contributed by atoms with van der Waals surface area (Å²) in [7, 11) is -1.86. The summed E-state index contributed by atoms with van der Waals surface area (Å²) < 4.78 is 6.09. The van der Waals surface area contributed by atoms with Crippen LogP contribution in [0.1, 0.15) is 33.6 Å². The monoisotopic (exact) mass is 287 g/mol. The summed E-state index contributed by atoms with van der Waals surface area (Å²) >= 11 is 0. The van der Waals surface area contributed by atoms with E-state index in [0.717, 1.165) is 19.4 Å². The van der Waals surface area contributed by atoms with Gasteiger partial charge in [0.05, 0.1) is 0 Å². The summed E-state index contributed by atoms with van der Waals surface area (Å²) in [5.41, 5.74) is 0.575. The van der Waals surface area contributed by atoms with E-state index in [-0.39, 0.29) is 5.91 Å². The molecule has 0 heterocycles. The normalized spacial score (nSPS) is 13.0. The number of nitrogens with one attached hydrogen (secondary N) is 1. The average Bonchev–Trinajstić information content (AvgIpc) is 2.20. The number of carbonyl (C=O) groups excluding carboxylic acids is 1. The van der Waals surface area contributed by atoms with Crippen LogP contribution >= 0.6 is 0 Å². The van der Waals surface area contributed by atoms with Crippen LogP contribution in [-0.2, 0) is 8.91 Å². The highest BCUT2D eigenvalue weighted by atomic mass is 28.4. The highest BCUT2D eigenvalue weighted by molar-refractivity contribution is 6.74. The molecule has 1 N–H and O–H groups in total. The van der Waals surface area contributed by atoms with E-state index in [1.54, 1.807) is 6.92 Å². The van der Waals surface area contributed by atoms with Crippen molar-refractivity contribution in [3.05, 3.63) is 12.2 Å². The summed E-state index contributed by atoms with van der Waals surface area (Å²) in [6.45, 7) is 17.4. The van der Waals surface area contributed by atoms with Gasteiger partial charge in [-0.15, -0.1) is 0 Å². The van der Waals surface area contributed by atoms with E-state index >= 15 is 0 Å². The Balaban J connectivity index is 3.84. The molecule has 18 heavy (non-hydrogen) atoms. The number of carbonyl (C=O) groups is 1. The summed E-state index contributed by atoms with van der Waals surface area (Å²) in [6.07, 6.45) is 2.12. The molecule has 0 radical (unpaired) electrons. The van der Waals surface area contributed by atoms with Crippen molar-refractivity contribution in [3.63, 3.8) is 0 Å². The van der Waals surface area contributed by atoms with Gasteiger partial charge in [-0.3, -0.25) is 4.79 Å². The summed E-state index contributed by atoms with van der Waals surface area (Å²) in [5, 5.41) is 3.19. The smallest absolute Gasteiger partial charge is 0.246 e. The van der Waals surface area contributed by atoms with E-state index in [1.807, 2.05) is 0 Å². The van der Waals surface area contributed by atoms with Crippen molar-refractivity contribution in [1.82, 2.24) is 5.32 Å². The van der Waals surface area contributed by atoms with Crippen LogP contribution in [0.2, 0.25) is 24.7 Å². The van der Waals surface area contributed by atoms with Crippen LogP contribution in [0.15, 0.2) is 12.2 Å². The molecule has 0 bridgehead atoms. The minimum Gasteiger partial charge on any atom is -0.460 e. The van der Waals surface area contributed by atoms with E-state index in [4.69, 9.17) is 4.12 Å². The Morgan fingerprint density at radius 3 is 2.39 bits per heavy atom. The lowest BCUT2D eigenvalue weighted by molar-refractivity contribution is -0.117. The van der Waals surface area contributed by atoms with Crippen molar-refractivity contribution in [2.24, 2.45) is 0 Å². The Morgan fingerprint density at radius 1 is 1.39 bits per heavy atom. The zero-order valence-electron chi connectivity index (χ0n) is 12.9. The third kappa shape index (κ3) is 9.62. The van der Waals surface area contributed by atoms with Crippen LogP contribution in [0.5, 0.6) is 0 Å². The molecule has 0 aromatic heterocycles. The Bertz CT molecular complexity index is 296. The maximum Gasteiger partial charge on any atom is 0.246 e. The molecule has 0 unspecified atom stereocenters. The number of rotatable bonds is 8. The third-order valence-corrected chi connectivity index (χ3v) is 7.78. The molecule has 5 heteroatoms. The second-order valence-electron chi connectivity index (χ2n) is 6.71. The van der Waals surface area contributed by atoms with Gasteiger partial charge in [0.1, 0.15) is 0 Å². The molecular formula is C13H29NO2Si2. The highest BCUT2D eigenvalue weighted by Crippen LogP contribution is 2.30. The van der Waals surface area contributed by atoms with Gasteiger partial charge < -0.3 is 9.43 Å². The average molecular weight is 288 g/mol. The standard InChI is InChI=1S/C13H29NO2Si2/c1-11(2)12(15)14-10-8-9-13(3,4)17-16-18(5,6)7/h1,8-10,17H2,2-7H3,(H,14,15). The molecule has 0 aromatic rings. The van der Waals surface area contributed by atoms with Gasteiger partial charge in [-0.2, -0.15) is 0 Å². The van der Waals surface area contributed by atoms with Crippen LogP contribution in [-0.4, -0.2) is 30.5 Å². The first-order chi connectivity index (χ1) is 8.03. The van der Waals surface area contributed by atoms with Crippen LogP contribution in [0, 0.1) is 0 Å². The lowest BCUT2D eigenvalue weighted by Crippen LogP contribution is -2.32. The first kappa shape index (κ1) is 17.6. The molecule has 106 valence electrons. The first-order valence-electron chi connectivity index (χ1n) is 6.61. The van der Waals surface area contributed by atoms with Gasteiger partial charge >= 0.3 is 0 Å². The van der Waals surface area contributed by atoms with Gasteiger partial charge in [0, 0.05) is 12.1 Å². The lowest BCUT2D eigenvalue weighted by Gasteiger charge is -2.28. The van der Waals surface area contributed by atoms with Crippen molar-refractivity contribution in [3.8, 4) is 0 Å². The summed E-state index contributed by atoms with van der Waals surface area (Å²) in [5.74, 6) is -0.0385. The van der Waals surface area contributed by atoms with Gasteiger partial charge in [0.2, 0.25) is 5.91 Å². The fourth-order valence-electron chi connectivity index (χ4n) is 1.40. The Kier molecular flexibility index (Phi) is 7.10. The second-order valence-corrected chi connectivity index (χ2v) is 14.3. The van der Waals surface area contributed by atoms with Gasteiger partial charge in [-0.25, -0.2) is 0 Å². The predicted molar refractivity (Wildman–Crippen MR) is 84.1 cm³/mol.